The number of nitrogens with zero attached hydrogens (tertiary/aromatic N) is 2. The van der Waals surface area contributed by atoms with Crippen molar-refractivity contribution >= 4 is 39.3 Å². The van der Waals surface area contributed by atoms with Gasteiger partial charge in [-0.15, -0.1) is 0 Å². The predicted octanol–water partition coefficient (Wildman–Crippen LogP) is 7.34. The molecule has 0 aliphatic rings. The van der Waals surface area contributed by atoms with Crippen molar-refractivity contribution in [3.05, 3.63) is 90.9 Å². The third kappa shape index (κ3) is 6.49. The zero-order valence-corrected chi connectivity index (χ0v) is 21.7. The van der Waals surface area contributed by atoms with Crippen LogP contribution in [0.4, 0.5) is 24.5 Å². The van der Waals surface area contributed by atoms with Crippen molar-refractivity contribution in [2.75, 3.05) is 12.4 Å². The summed E-state index contributed by atoms with van der Waals surface area (Å²) in [4.78, 5) is 23.1. The molecule has 0 spiro atoms. The van der Waals surface area contributed by atoms with Crippen LogP contribution >= 0.6 is 15.9 Å². The van der Waals surface area contributed by atoms with Gasteiger partial charge in [-0.3, -0.25) is 14.9 Å². The van der Waals surface area contributed by atoms with Crippen molar-refractivity contribution in [1.82, 2.24) is 0 Å². The highest BCUT2D eigenvalue weighted by molar-refractivity contribution is 9.10. The van der Waals surface area contributed by atoms with Gasteiger partial charge in [0.25, 0.3) is 5.91 Å². The van der Waals surface area contributed by atoms with Gasteiger partial charge in [0.15, 0.2) is 11.5 Å². The Labute approximate surface area is 223 Å². The average Bonchev–Trinajstić information content (AvgIpc) is 2.84. The second kappa shape index (κ2) is 11.4. The van der Waals surface area contributed by atoms with Gasteiger partial charge < -0.3 is 14.8 Å². The first-order valence-electron chi connectivity index (χ1n) is 10.8. The molecule has 0 atom stereocenters. The summed E-state index contributed by atoms with van der Waals surface area (Å²) in [6.07, 6.45) is -3.48. The molecule has 0 bridgehead atoms. The molecule has 1 amide bonds. The first-order valence-corrected chi connectivity index (χ1v) is 11.5. The molecule has 0 aliphatic carbocycles. The van der Waals surface area contributed by atoms with Crippen LogP contribution in [0.3, 0.4) is 0 Å². The van der Waals surface area contributed by atoms with Crippen LogP contribution in [0, 0.1) is 35.3 Å². The molecule has 0 aliphatic heterocycles. The molecule has 0 heterocycles. The van der Waals surface area contributed by atoms with Crippen molar-refractivity contribution < 1.29 is 32.4 Å². The van der Waals surface area contributed by atoms with Gasteiger partial charge in [-0.1, -0.05) is 17.7 Å². The van der Waals surface area contributed by atoms with Crippen LogP contribution < -0.4 is 14.8 Å². The first kappa shape index (κ1) is 28.2. The van der Waals surface area contributed by atoms with Crippen LogP contribution in [-0.4, -0.2) is 17.9 Å². The van der Waals surface area contributed by atoms with E-state index in [1.165, 1.54) is 25.3 Å². The van der Waals surface area contributed by atoms with E-state index in [-0.39, 0.29) is 21.5 Å². The van der Waals surface area contributed by atoms with Gasteiger partial charge in [0.1, 0.15) is 11.6 Å². The smallest absolute Gasteiger partial charge is 0.416 e. The molecule has 3 rings (SSSR count). The van der Waals surface area contributed by atoms with E-state index in [9.17, 15) is 33.3 Å². The zero-order chi connectivity index (χ0) is 28.2. The Kier molecular flexibility index (Phi) is 8.42. The van der Waals surface area contributed by atoms with Gasteiger partial charge in [0.05, 0.1) is 22.1 Å². The van der Waals surface area contributed by atoms with Crippen molar-refractivity contribution in [3.63, 3.8) is 0 Å². The molecule has 1 N–H and O–H groups in total. The maximum Gasteiger partial charge on any atom is 0.416 e. The number of nitrogens with one attached hydrogen (secondary N) is 1. The molecule has 0 saturated carbocycles. The third-order valence-corrected chi connectivity index (χ3v) is 5.84. The van der Waals surface area contributed by atoms with Crippen molar-refractivity contribution in [3.8, 4) is 23.3 Å². The van der Waals surface area contributed by atoms with E-state index in [1.54, 1.807) is 6.07 Å². The average molecular weight is 590 g/mol. The number of methoxy groups -OCH3 is 1. The summed E-state index contributed by atoms with van der Waals surface area (Å²) in [5.41, 5.74) is 0.402. The number of nitriles is 1. The Balaban J connectivity index is 1.95. The Hall–Kier alpha value is -4.37. The Morgan fingerprint density at radius 2 is 1.84 bits per heavy atom. The molecule has 0 radical (unpaired) electrons. The van der Waals surface area contributed by atoms with E-state index in [2.05, 4.69) is 21.2 Å². The molecular formula is C26H19BrF3N3O5. The normalized spacial score (nSPS) is 11.5. The first-order chi connectivity index (χ1) is 17.8. The number of ether oxygens (including phenoxy) is 2. The van der Waals surface area contributed by atoms with E-state index in [0.29, 0.717) is 23.4 Å². The molecule has 0 aromatic heterocycles. The number of aryl methyl sites for hydroxylation is 2. The van der Waals surface area contributed by atoms with Crippen LogP contribution in [0.1, 0.15) is 22.3 Å². The molecule has 8 nitrogen and oxygen atoms in total. The second-order valence-corrected chi connectivity index (χ2v) is 8.87. The molecule has 3 aromatic rings. The number of anilines is 1. The van der Waals surface area contributed by atoms with Crippen LogP contribution in [0.25, 0.3) is 6.08 Å². The zero-order valence-electron chi connectivity index (χ0n) is 20.1. The molecule has 3 aromatic carbocycles. The van der Waals surface area contributed by atoms with E-state index in [0.717, 1.165) is 17.2 Å². The molecule has 38 heavy (non-hydrogen) atoms. The van der Waals surface area contributed by atoms with Gasteiger partial charge >= 0.3 is 11.9 Å². The summed E-state index contributed by atoms with van der Waals surface area (Å²) in [7, 11) is 1.28. The number of amides is 1. The van der Waals surface area contributed by atoms with Crippen molar-refractivity contribution in [1.29, 1.82) is 5.26 Å². The predicted molar refractivity (Wildman–Crippen MR) is 137 cm³/mol. The van der Waals surface area contributed by atoms with Crippen LogP contribution in [-0.2, 0) is 11.0 Å². The number of rotatable bonds is 7. The lowest BCUT2D eigenvalue weighted by Gasteiger charge is -2.14. The SMILES string of the molecule is COc1cc(/C=C(\C#N)C(=O)Nc2ccc(C)cc2C)cc(Br)c1Oc1ccc(C(F)(F)F)cc1[N+](=O)[O-]. The van der Waals surface area contributed by atoms with Gasteiger partial charge in [-0.2, -0.15) is 18.4 Å². The summed E-state index contributed by atoms with van der Waals surface area (Å²) >= 11 is 3.26. The Morgan fingerprint density at radius 3 is 2.42 bits per heavy atom. The number of carbonyl (C=O) groups is 1. The lowest BCUT2D eigenvalue weighted by atomic mass is 10.1. The van der Waals surface area contributed by atoms with E-state index in [1.807, 2.05) is 32.0 Å². The molecular weight excluding hydrogens is 571 g/mol. The molecule has 0 saturated heterocycles. The number of hydrogen-bond acceptors (Lipinski definition) is 6. The fourth-order valence-corrected chi connectivity index (χ4v) is 3.95. The molecule has 196 valence electrons. The van der Waals surface area contributed by atoms with Crippen molar-refractivity contribution in [2.45, 2.75) is 20.0 Å². The number of carbonyl (C=O) groups excluding carboxylic acids is 1. The number of hydrogen-bond donors (Lipinski definition) is 1. The summed E-state index contributed by atoms with van der Waals surface area (Å²) in [6, 6.07) is 12.0. The quantitative estimate of drug-likeness (QED) is 0.133. The second-order valence-electron chi connectivity index (χ2n) is 8.02. The lowest BCUT2D eigenvalue weighted by Crippen LogP contribution is -2.14. The standard InChI is InChI=1S/C26H19BrF3N3O5/c1-14-4-6-20(15(2)8-14)32-25(34)17(13-31)9-16-10-19(27)24(23(11-16)37-3)38-22-7-5-18(26(28,29)30)12-21(22)33(35)36/h4-12H,1-3H3,(H,32,34)/b17-9+. The largest absolute Gasteiger partial charge is 0.493 e. The number of benzene rings is 3. The minimum atomic E-state index is -4.78. The number of alkyl halides is 3. The van der Waals surface area contributed by atoms with E-state index >= 15 is 0 Å². The highest BCUT2D eigenvalue weighted by Gasteiger charge is 2.33. The summed E-state index contributed by atoms with van der Waals surface area (Å²) < 4.78 is 50.1. The summed E-state index contributed by atoms with van der Waals surface area (Å²) in [5, 5.41) is 23.7. The van der Waals surface area contributed by atoms with Crippen LogP contribution in [0.2, 0.25) is 0 Å². The molecule has 0 fully saturated rings. The monoisotopic (exact) mass is 589 g/mol. The third-order valence-electron chi connectivity index (χ3n) is 5.25. The molecule has 12 heteroatoms. The van der Waals surface area contributed by atoms with E-state index < -0.39 is 34.0 Å². The Bertz CT molecular complexity index is 1500. The van der Waals surface area contributed by atoms with Gasteiger partial charge in [0, 0.05) is 11.8 Å². The van der Waals surface area contributed by atoms with Crippen molar-refractivity contribution in [2.24, 2.45) is 0 Å². The molecule has 0 unspecified atom stereocenters. The van der Waals surface area contributed by atoms with Gasteiger partial charge in [-0.25, -0.2) is 0 Å². The fraction of sp³-hybridized carbons (Fsp3) is 0.154. The van der Waals surface area contributed by atoms with Gasteiger partial charge in [-0.05, 0) is 77.3 Å². The Morgan fingerprint density at radius 1 is 1.13 bits per heavy atom. The highest BCUT2D eigenvalue weighted by atomic mass is 79.9. The highest BCUT2D eigenvalue weighted by Crippen LogP contribution is 2.44. The lowest BCUT2D eigenvalue weighted by molar-refractivity contribution is -0.385. The summed E-state index contributed by atoms with van der Waals surface area (Å²) in [5.74, 6) is -1.12. The number of nitro groups is 1. The summed E-state index contributed by atoms with van der Waals surface area (Å²) in [6.45, 7) is 3.73. The minimum Gasteiger partial charge on any atom is -0.493 e. The number of halogens is 4. The van der Waals surface area contributed by atoms with Gasteiger partial charge in [0.2, 0.25) is 5.75 Å². The number of nitro benzene ring substituents is 1. The minimum absolute atomic E-state index is 0.0342. The maximum absolute atomic E-state index is 13.0. The topological polar surface area (TPSA) is 114 Å². The maximum atomic E-state index is 13.0. The van der Waals surface area contributed by atoms with Crippen LogP contribution in [0.15, 0.2) is 58.6 Å². The van der Waals surface area contributed by atoms with Crippen LogP contribution in [0.5, 0.6) is 17.2 Å². The van der Waals surface area contributed by atoms with E-state index in [4.69, 9.17) is 9.47 Å². The fourth-order valence-electron chi connectivity index (χ4n) is 3.41.